The molecule has 2 aromatic heterocycles. The summed E-state index contributed by atoms with van der Waals surface area (Å²) >= 11 is 0. The highest BCUT2D eigenvalue weighted by Crippen LogP contribution is 2.28. The molecule has 3 rings (SSSR count). The molecule has 102 valence electrons. The van der Waals surface area contributed by atoms with Gasteiger partial charge >= 0.3 is 0 Å². The molecule has 3 heteroatoms. The predicted octanol–water partition coefficient (Wildman–Crippen LogP) is 4.12. The Morgan fingerprint density at radius 3 is 2.60 bits per heavy atom. The number of fused-ring (bicyclic) bond motifs is 1. The van der Waals surface area contributed by atoms with Gasteiger partial charge in [0.1, 0.15) is 0 Å². The van der Waals surface area contributed by atoms with Crippen molar-refractivity contribution >= 4 is 22.3 Å². The van der Waals surface area contributed by atoms with Gasteiger partial charge in [0.2, 0.25) is 0 Å². The third-order valence-corrected chi connectivity index (χ3v) is 3.60. The maximum Gasteiger partial charge on any atom is 0.0479 e. The summed E-state index contributed by atoms with van der Waals surface area (Å²) in [5.41, 5.74) is 3.69. The summed E-state index contributed by atoms with van der Waals surface area (Å²) in [6.45, 7) is 3.21. The number of benzene rings is 1. The number of nitrogens with zero attached hydrogens (tertiary/aromatic N) is 3. The van der Waals surface area contributed by atoms with E-state index in [2.05, 4.69) is 71.0 Å². The minimum atomic E-state index is 1.00. The van der Waals surface area contributed by atoms with Crippen molar-refractivity contribution in [3.05, 3.63) is 55.0 Å². The standard InChI is InChI=1S/C17H19N3/c1-3-11-20(15-6-9-18-10-7-15)16-4-5-17-14(13-16)8-12-19(17)2/h4-10,12-13H,3,11H2,1-2H3. The molecule has 0 aliphatic carbocycles. The van der Waals surface area contributed by atoms with E-state index in [9.17, 15) is 0 Å². The second kappa shape index (κ2) is 5.37. The second-order valence-corrected chi connectivity index (χ2v) is 5.03. The van der Waals surface area contributed by atoms with E-state index in [1.54, 1.807) is 0 Å². The molecule has 0 radical (unpaired) electrons. The molecule has 3 nitrogen and oxygen atoms in total. The lowest BCUT2D eigenvalue weighted by Gasteiger charge is -2.24. The van der Waals surface area contributed by atoms with E-state index in [4.69, 9.17) is 0 Å². The maximum absolute atomic E-state index is 4.10. The molecule has 0 fully saturated rings. The minimum absolute atomic E-state index is 1.00. The number of hydrogen-bond donors (Lipinski definition) is 0. The van der Waals surface area contributed by atoms with Crippen LogP contribution in [0.2, 0.25) is 0 Å². The highest BCUT2D eigenvalue weighted by molar-refractivity contribution is 5.85. The van der Waals surface area contributed by atoms with Gasteiger partial charge in [-0.2, -0.15) is 0 Å². The quantitative estimate of drug-likeness (QED) is 0.707. The molecule has 0 N–H and O–H groups in total. The molecule has 1 aromatic carbocycles. The van der Waals surface area contributed by atoms with E-state index in [1.807, 2.05) is 12.4 Å². The van der Waals surface area contributed by atoms with Gasteiger partial charge in [0.15, 0.2) is 0 Å². The van der Waals surface area contributed by atoms with Gasteiger partial charge in [-0.3, -0.25) is 4.98 Å². The van der Waals surface area contributed by atoms with Crippen molar-refractivity contribution in [3.8, 4) is 0 Å². The molecular formula is C17H19N3. The van der Waals surface area contributed by atoms with Gasteiger partial charge in [-0.15, -0.1) is 0 Å². The Morgan fingerprint density at radius 2 is 1.85 bits per heavy atom. The molecule has 0 spiro atoms. The van der Waals surface area contributed by atoms with Crippen LogP contribution in [-0.2, 0) is 7.05 Å². The number of aromatic nitrogens is 2. The zero-order valence-electron chi connectivity index (χ0n) is 12.0. The lowest BCUT2D eigenvalue weighted by molar-refractivity contribution is 0.885. The summed E-state index contributed by atoms with van der Waals surface area (Å²) in [6, 6.07) is 12.9. The summed E-state index contributed by atoms with van der Waals surface area (Å²) in [5.74, 6) is 0. The molecule has 0 saturated carbocycles. The average molecular weight is 265 g/mol. The number of pyridine rings is 1. The van der Waals surface area contributed by atoms with Gasteiger partial charge in [-0.25, -0.2) is 0 Å². The Bertz CT molecular complexity index is 701. The molecular weight excluding hydrogens is 246 g/mol. The first-order valence-corrected chi connectivity index (χ1v) is 7.02. The van der Waals surface area contributed by atoms with E-state index in [0.717, 1.165) is 13.0 Å². The highest BCUT2D eigenvalue weighted by Gasteiger charge is 2.09. The van der Waals surface area contributed by atoms with Crippen LogP contribution in [0.15, 0.2) is 55.0 Å². The molecule has 2 heterocycles. The Morgan fingerprint density at radius 1 is 1.05 bits per heavy atom. The van der Waals surface area contributed by atoms with Crippen LogP contribution >= 0.6 is 0 Å². The Hall–Kier alpha value is -2.29. The summed E-state index contributed by atoms with van der Waals surface area (Å²) in [4.78, 5) is 6.45. The number of aryl methyl sites for hydroxylation is 1. The lowest BCUT2D eigenvalue weighted by Crippen LogP contribution is -2.17. The van der Waals surface area contributed by atoms with Gasteiger partial charge in [0.25, 0.3) is 0 Å². The van der Waals surface area contributed by atoms with Gasteiger partial charge in [-0.1, -0.05) is 6.92 Å². The van der Waals surface area contributed by atoms with E-state index in [-0.39, 0.29) is 0 Å². The van der Waals surface area contributed by atoms with Crippen LogP contribution in [0.4, 0.5) is 11.4 Å². The third-order valence-electron chi connectivity index (χ3n) is 3.60. The SMILES string of the molecule is CCCN(c1ccncc1)c1ccc2c(ccn2C)c1. The molecule has 0 saturated heterocycles. The van der Waals surface area contributed by atoms with Crippen LogP contribution in [0, 0.1) is 0 Å². The second-order valence-electron chi connectivity index (χ2n) is 5.03. The van der Waals surface area contributed by atoms with Crippen LogP contribution in [0.1, 0.15) is 13.3 Å². The van der Waals surface area contributed by atoms with E-state index >= 15 is 0 Å². The third kappa shape index (κ3) is 2.27. The topological polar surface area (TPSA) is 21.1 Å². The first-order chi connectivity index (χ1) is 9.79. The van der Waals surface area contributed by atoms with Crippen LogP contribution in [0.5, 0.6) is 0 Å². The molecule has 3 aromatic rings. The fourth-order valence-electron chi connectivity index (χ4n) is 2.59. The van der Waals surface area contributed by atoms with Crippen LogP contribution in [-0.4, -0.2) is 16.1 Å². The van der Waals surface area contributed by atoms with Crippen molar-refractivity contribution in [2.75, 3.05) is 11.4 Å². The van der Waals surface area contributed by atoms with Crippen molar-refractivity contribution in [3.63, 3.8) is 0 Å². The fraction of sp³-hybridized carbons (Fsp3) is 0.235. The predicted molar refractivity (Wildman–Crippen MR) is 84.5 cm³/mol. The summed E-state index contributed by atoms with van der Waals surface area (Å²) < 4.78 is 2.15. The van der Waals surface area contributed by atoms with Crippen LogP contribution < -0.4 is 4.90 Å². The molecule has 0 unspecified atom stereocenters. The van der Waals surface area contributed by atoms with E-state index < -0.39 is 0 Å². The van der Waals surface area contributed by atoms with Crippen molar-refractivity contribution in [1.82, 2.24) is 9.55 Å². The van der Waals surface area contributed by atoms with E-state index in [0.29, 0.717) is 0 Å². The average Bonchev–Trinajstić information content (AvgIpc) is 2.86. The van der Waals surface area contributed by atoms with Crippen molar-refractivity contribution in [2.24, 2.45) is 7.05 Å². The first-order valence-electron chi connectivity index (χ1n) is 7.02. The molecule has 0 amide bonds. The normalized spacial score (nSPS) is 10.9. The summed E-state index contributed by atoms with van der Waals surface area (Å²) in [7, 11) is 2.08. The highest BCUT2D eigenvalue weighted by atomic mass is 15.1. The molecule has 0 atom stereocenters. The summed E-state index contributed by atoms with van der Waals surface area (Å²) in [6.07, 6.45) is 6.90. The smallest absolute Gasteiger partial charge is 0.0479 e. The maximum atomic E-state index is 4.10. The van der Waals surface area contributed by atoms with Gasteiger partial charge in [0, 0.05) is 54.5 Å². The molecule has 20 heavy (non-hydrogen) atoms. The monoisotopic (exact) mass is 265 g/mol. The largest absolute Gasteiger partial charge is 0.351 e. The summed E-state index contributed by atoms with van der Waals surface area (Å²) in [5, 5.41) is 1.28. The molecule has 0 aliphatic rings. The number of hydrogen-bond acceptors (Lipinski definition) is 2. The van der Waals surface area contributed by atoms with E-state index in [1.165, 1.54) is 22.3 Å². The molecule has 0 bridgehead atoms. The van der Waals surface area contributed by atoms with Gasteiger partial charge in [0.05, 0.1) is 0 Å². The lowest BCUT2D eigenvalue weighted by atomic mass is 10.2. The van der Waals surface area contributed by atoms with Crippen molar-refractivity contribution in [2.45, 2.75) is 13.3 Å². The molecule has 0 aliphatic heterocycles. The Labute approximate surface area is 119 Å². The minimum Gasteiger partial charge on any atom is -0.351 e. The fourth-order valence-corrected chi connectivity index (χ4v) is 2.59. The van der Waals surface area contributed by atoms with Gasteiger partial charge < -0.3 is 9.47 Å². The Kier molecular flexibility index (Phi) is 3.42. The van der Waals surface area contributed by atoms with Crippen LogP contribution in [0.25, 0.3) is 10.9 Å². The van der Waals surface area contributed by atoms with Crippen molar-refractivity contribution < 1.29 is 0 Å². The number of anilines is 2. The number of rotatable bonds is 4. The first kappa shape index (κ1) is 12.7. The Balaban J connectivity index is 2.05. The van der Waals surface area contributed by atoms with Crippen LogP contribution in [0.3, 0.4) is 0 Å². The van der Waals surface area contributed by atoms with Gasteiger partial charge in [-0.05, 0) is 42.8 Å². The van der Waals surface area contributed by atoms with Crippen molar-refractivity contribution in [1.29, 1.82) is 0 Å². The zero-order valence-corrected chi connectivity index (χ0v) is 12.0. The zero-order chi connectivity index (χ0) is 13.9.